The van der Waals surface area contributed by atoms with E-state index in [1.54, 1.807) is 0 Å². The Labute approximate surface area is 166 Å². The summed E-state index contributed by atoms with van der Waals surface area (Å²) < 4.78 is 5.85. The van der Waals surface area contributed by atoms with E-state index in [0.29, 0.717) is 13.2 Å². The molecule has 3 rings (SSSR count). The number of hydrogen-bond donors (Lipinski definition) is 1. The summed E-state index contributed by atoms with van der Waals surface area (Å²) in [5.74, 6) is 0.822. The van der Waals surface area contributed by atoms with Crippen molar-refractivity contribution in [2.24, 2.45) is 0 Å². The van der Waals surface area contributed by atoms with Gasteiger partial charge in [-0.15, -0.1) is 6.58 Å². The number of halogens is 1. The number of para-hydroxylation sites is 1. The summed E-state index contributed by atoms with van der Waals surface area (Å²) >= 11 is 6.09. The molecule has 1 fully saturated rings. The van der Waals surface area contributed by atoms with Gasteiger partial charge in [0.05, 0.1) is 0 Å². The zero-order valence-corrected chi connectivity index (χ0v) is 16.3. The van der Waals surface area contributed by atoms with E-state index in [9.17, 15) is 5.11 Å². The third-order valence-electron chi connectivity index (χ3n) is 4.78. The number of aliphatic hydroxyl groups excluding tert-OH is 1. The number of anilines is 1. The zero-order chi connectivity index (χ0) is 19.1. The molecular weight excluding hydrogens is 360 g/mol. The second-order valence-corrected chi connectivity index (χ2v) is 7.27. The number of allylic oxidation sites excluding steroid dienone is 1. The molecular formula is C22H27ClN2O2. The third kappa shape index (κ3) is 5.73. The van der Waals surface area contributed by atoms with Crippen LogP contribution in [0, 0.1) is 0 Å². The van der Waals surface area contributed by atoms with Gasteiger partial charge in [-0.25, -0.2) is 0 Å². The Hall–Kier alpha value is -2.01. The molecule has 1 N–H and O–H groups in total. The predicted octanol–water partition coefficient (Wildman–Crippen LogP) is 3.63. The van der Waals surface area contributed by atoms with E-state index >= 15 is 0 Å². The lowest BCUT2D eigenvalue weighted by Crippen LogP contribution is -2.49. The van der Waals surface area contributed by atoms with Gasteiger partial charge in [-0.3, -0.25) is 4.90 Å². The highest BCUT2D eigenvalue weighted by Crippen LogP contribution is 2.21. The molecule has 1 atom stereocenters. The average molecular weight is 387 g/mol. The van der Waals surface area contributed by atoms with Crippen molar-refractivity contribution in [2.75, 3.05) is 44.2 Å². The van der Waals surface area contributed by atoms with Crippen LogP contribution in [0.3, 0.4) is 0 Å². The van der Waals surface area contributed by atoms with Crippen molar-refractivity contribution in [1.29, 1.82) is 0 Å². The molecule has 27 heavy (non-hydrogen) atoms. The molecule has 0 aliphatic carbocycles. The SMILES string of the molecule is C=CCc1ccccc1OC[C@@H](O)CN1CCN(c2cccc(Cl)c2)CC1. The Bertz CT molecular complexity index is 745. The van der Waals surface area contributed by atoms with Crippen molar-refractivity contribution in [1.82, 2.24) is 4.90 Å². The predicted molar refractivity (Wildman–Crippen MR) is 112 cm³/mol. The maximum atomic E-state index is 10.4. The summed E-state index contributed by atoms with van der Waals surface area (Å²) in [5.41, 5.74) is 2.25. The van der Waals surface area contributed by atoms with Crippen LogP contribution in [0.4, 0.5) is 5.69 Å². The van der Waals surface area contributed by atoms with Gasteiger partial charge in [0.25, 0.3) is 0 Å². The summed E-state index contributed by atoms with van der Waals surface area (Å²) in [4.78, 5) is 4.61. The van der Waals surface area contributed by atoms with Gasteiger partial charge >= 0.3 is 0 Å². The van der Waals surface area contributed by atoms with Crippen LogP contribution in [0.15, 0.2) is 61.2 Å². The van der Waals surface area contributed by atoms with E-state index < -0.39 is 6.10 Å². The molecule has 1 saturated heterocycles. The van der Waals surface area contributed by atoms with E-state index in [-0.39, 0.29) is 0 Å². The topological polar surface area (TPSA) is 35.9 Å². The molecule has 0 saturated carbocycles. The molecule has 2 aromatic carbocycles. The van der Waals surface area contributed by atoms with Gasteiger partial charge in [-0.1, -0.05) is 41.9 Å². The molecule has 0 unspecified atom stereocenters. The summed E-state index contributed by atoms with van der Waals surface area (Å²) in [6.07, 6.45) is 2.11. The second kappa shape index (κ2) is 9.79. The Morgan fingerprint density at radius 2 is 1.89 bits per heavy atom. The second-order valence-electron chi connectivity index (χ2n) is 6.83. The first-order valence-corrected chi connectivity index (χ1v) is 9.76. The highest BCUT2D eigenvalue weighted by molar-refractivity contribution is 6.30. The van der Waals surface area contributed by atoms with Gasteiger partial charge in [0.1, 0.15) is 18.5 Å². The van der Waals surface area contributed by atoms with Crippen LogP contribution in [0.25, 0.3) is 0 Å². The smallest absolute Gasteiger partial charge is 0.122 e. The molecule has 5 heteroatoms. The Morgan fingerprint density at radius 1 is 1.11 bits per heavy atom. The third-order valence-corrected chi connectivity index (χ3v) is 5.02. The van der Waals surface area contributed by atoms with Gasteiger partial charge in [0, 0.05) is 43.4 Å². The lowest BCUT2D eigenvalue weighted by atomic mass is 10.1. The van der Waals surface area contributed by atoms with Crippen LogP contribution >= 0.6 is 11.6 Å². The minimum atomic E-state index is -0.514. The van der Waals surface area contributed by atoms with Gasteiger partial charge in [0.2, 0.25) is 0 Å². The average Bonchev–Trinajstić information content (AvgIpc) is 2.68. The molecule has 2 aromatic rings. The van der Waals surface area contributed by atoms with Crippen molar-refractivity contribution in [2.45, 2.75) is 12.5 Å². The van der Waals surface area contributed by atoms with Crippen LogP contribution in [0.1, 0.15) is 5.56 Å². The largest absolute Gasteiger partial charge is 0.491 e. The molecule has 1 aliphatic rings. The van der Waals surface area contributed by atoms with Crippen LogP contribution in [-0.2, 0) is 6.42 Å². The van der Waals surface area contributed by atoms with Gasteiger partial charge < -0.3 is 14.7 Å². The molecule has 1 aliphatic heterocycles. The normalized spacial score (nSPS) is 16.1. The molecule has 0 radical (unpaired) electrons. The fourth-order valence-corrected chi connectivity index (χ4v) is 3.55. The number of β-amino-alcohol motifs (C(OH)–C–C–N with tert-alkyl or cyclic N) is 1. The maximum absolute atomic E-state index is 10.4. The zero-order valence-electron chi connectivity index (χ0n) is 15.6. The fraction of sp³-hybridized carbons (Fsp3) is 0.364. The quantitative estimate of drug-likeness (QED) is 0.703. The van der Waals surface area contributed by atoms with Gasteiger partial charge in [-0.2, -0.15) is 0 Å². The Balaban J connectivity index is 1.44. The first-order valence-electron chi connectivity index (χ1n) is 9.38. The summed E-state index contributed by atoms with van der Waals surface area (Å²) in [6.45, 7) is 8.37. The van der Waals surface area contributed by atoms with E-state index in [0.717, 1.165) is 54.6 Å². The summed E-state index contributed by atoms with van der Waals surface area (Å²) in [5, 5.41) is 11.1. The molecule has 0 spiro atoms. The van der Waals surface area contributed by atoms with Crippen molar-refractivity contribution in [3.63, 3.8) is 0 Å². The standard InChI is InChI=1S/C22H27ClN2O2/c1-2-6-18-7-3-4-10-22(18)27-17-21(26)16-24-11-13-25(14-12-24)20-9-5-8-19(23)15-20/h2-5,7-10,15,21,26H,1,6,11-14,16-17H2/t21-/m0/s1. The molecule has 144 valence electrons. The molecule has 1 heterocycles. The number of hydrogen-bond acceptors (Lipinski definition) is 4. The summed E-state index contributed by atoms with van der Waals surface area (Å²) in [6, 6.07) is 15.9. The Morgan fingerprint density at radius 3 is 2.63 bits per heavy atom. The molecule has 0 bridgehead atoms. The van der Waals surface area contributed by atoms with Crippen molar-refractivity contribution < 1.29 is 9.84 Å². The minimum Gasteiger partial charge on any atom is -0.491 e. The minimum absolute atomic E-state index is 0.294. The number of benzene rings is 2. The number of nitrogens with zero attached hydrogens (tertiary/aromatic N) is 2. The number of rotatable bonds is 8. The van der Waals surface area contributed by atoms with Crippen LogP contribution in [0.5, 0.6) is 5.75 Å². The van der Waals surface area contributed by atoms with E-state index in [2.05, 4.69) is 22.4 Å². The number of piperazine rings is 1. The maximum Gasteiger partial charge on any atom is 0.122 e. The van der Waals surface area contributed by atoms with Crippen molar-refractivity contribution in [3.05, 3.63) is 71.8 Å². The van der Waals surface area contributed by atoms with E-state index in [1.165, 1.54) is 0 Å². The first-order chi connectivity index (χ1) is 13.2. The monoisotopic (exact) mass is 386 g/mol. The van der Waals surface area contributed by atoms with Crippen LogP contribution in [0.2, 0.25) is 5.02 Å². The highest BCUT2D eigenvalue weighted by Gasteiger charge is 2.20. The van der Waals surface area contributed by atoms with Crippen LogP contribution < -0.4 is 9.64 Å². The van der Waals surface area contributed by atoms with E-state index in [4.69, 9.17) is 16.3 Å². The lowest BCUT2D eigenvalue weighted by Gasteiger charge is -2.37. The van der Waals surface area contributed by atoms with Gasteiger partial charge in [0.15, 0.2) is 0 Å². The summed E-state index contributed by atoms with van der Waals surface area (Å²) in [7, 11) is 0. The molecule has 0 aromatic heterocycles. The highest BCUT2D eigenvalue weighted by atomic mass is 35.5. The van der Waals surface area contributed by atoms with Crippen molar-refractivity contribution >= 4 is 17.3 Å². The Kier molecular flexibility index (Phi) is 7.16. The van der Waals surface area contributed by atoms with Crippen molar-refractivity contribution in [3.8, 4) is 5.75 Å². The number of ether oxygens (including phenoxy) is 1. The first kappa shape index (κ1) is 19.7. The van der Waals surface area contributed by atoms with E-state index in [1.807, 2.05) is 48.5 Å². The lowest BCUT2D eigenvalue weighted by molar-refractivity contribution is 0.0660. The molecule has 4 nitrogen and oxygen atoms in total. The molecule has 0 amide bonds. The fourth-order valence-electron chi connectivity index (χ4n) is 3.37. The van der Waals surface area contributed by atoms with Crippen LogP contribution in [-0.4, -0.2) is 55.4 Å². The number of aliphatic hydroxyl groups is 1. The van der Waals surface area contributed by atoms with Gasteiger partial charge in [-0.05, 0) is 36.2 Å².